The van der Waals surface area contributed by atoms with E-state index in [4.69, 9.17) is 9.15 Å². The van der Waals surface area contributed by atoms with Crippen LogP contribution in [0.3, 0.4) is 0 Å². The normalized spacial score (nSPS) is 16.8. The van der Waals surface area contributed by atoms with Gasteiger partial charge in [0.15, 0.2) is 5.96 Å². The first kappa shape index (κ1) is 13.9. The Kier molecular flexibility index (Phi) is 5.75. The molecule has 1 aromatic heterocycles. The Labute approximate surface area is 114 Å². The number of aliphatic imine (C=N–C) groups is 1. The molecule has 5 heteroatoms. The third kappa shape index (κ3) is 4.95. The minimum atomic E-state index is 0.472. The highest BCUT2D eigenvalue weighted by atomic mass is 16.5. The molecule has 0 aliphatic heterocycles. The predicted molar refractivity (Wildman–Crippen MR) is 75.1 cm³/mol. The summed E-state index contributed by atoms with van der Waals surface area (Å²) in [4.78, 5) is 4.15. The summed E-state index contributed by atoms with van der Waals surface area (Å²) >= 11 is 0. The fourth-order valence-corrected chi connectivity index (χ4v) is 2.25. The van der Waals surface area contributed by atoms with E-state index in [1.807, 2.05) is 12.1 Å². The Bertz CT molecular complexity index is 370. The number of guanidine groups is 1. The zero-order valence-electron chi connectivity index (χ0n) is 11.5. The topological polar surface area (TPSA) is 58.8 Å². The molecule has 0 bridgehead atoms. The molecule has 5 nitrogen and oxygen atoms in total. The predicted octanol–water partition coefficient (Wildman–Crippen LogP) is 1.90. The average molecular weight is 265 g/mol. The van der Waals surface area contributed by atoms with Gasteiger partial charge >= 0.3 is 0 Å². The summed E-state index contributed by atoms with van der Waals surface area (Å²) < 4.78 is 11.0. The Morgan fingerprint density at radius 3 is 2.95 bits per heavy atom. The first-order chi connectivity index (χ1) is 9.38. The van der Waals surface area contributed by atoms with E-state index in [2.05, 4.69) is 15.6 Å². The summed E-state index contributed by atoms with van der Waals surface area (Å²) in [5.41, 5.74) is 0. The summed E-state index contributed by atoms with van der Waals surface area (Å²) in [5, 5.41) is 6.42. The van der Waals surface area contributed by atoms with Crippen molar-refractivity contribution in [3.05, 3.63) is 24.2 Å². The second-order valence-corrected chi connectivity index (χ2v) is 4.71. The van der Waals surface area contributed by atoms with Crippen LogP contribution in [0.2, 0.25) is 0 Å². The van der Waals surface area contributed by atoms with E-state index >= 15 is 0 Å². The Morgan fingerprint density at radius 2 is 2.26 bits per heavy atom. The molecular weight excluding hydrogens is 242 g/mol. The molecule has 0 radical (unpaired) electrons. The van der Waals surface area contributed by atoms with Crippen LogP contribution in [0, 0.1) is 0 Å². The maximum Gasteiger partial charge on any atom is 0.191 e. The number of nitrogens with one attached hydrogen (secondary N) is 2. The molecule has 1 fully saturated rings. The van der Waals surface area contributed by atoms with E-state index in [0.717, 1.165) is 24.9 Å². The van der Waals surface area contributed by atoms with Gasteiger partial charge in [0, 0.05) is 13.6 Å². The third-order valence-electron chi connectivity index (χ3n) is 3.28. The van der Waals surface area contributed by atoms with Crippen LogP contribution in [-0.4, -0.2) is 32.3 Å². The van der Waals surface area contributed by atoms with Crippen LogP contribution in [0.5, 0.6) is 0 Å². The van der Waals surface area contributed by atoms with Gasteiger partial charge in [0.1, 0.15) is 5.76 Å². The van der Waals surface area contributed by atoms with Crippen molar-refractivity contribution in [1.82, 2.24) is 10.6 Å². The molecule has 2 rings (SSSR count). The van der Waals surface area contributed by atoms with E-state index in [1.165, 1.54) is 25.7 Å². The molecule has 0 aromatic carbocycles. The minimum Gasteiger partial charge on any atom is -0.467 e. The lowest BCUT2D eigenvalue weighted by molar-refractivity contribution is 0.0622. The van der Waals surface area contributed by atoms with Gasteiger partial charge in [-0.3, -0.25) is 4.99 Å². The van der Waals surface area contributed by atoms with Gasteiger partial charge in [0.05, 0.1) is 25.5 Å². The molecule has 2 N–H and O–H groups in total. The van der Waals surface area contributed by atoms with Crippen molar-refractivity contribution in [3.63, 3.8) is 0 Å². The van der Waals surface area contributed by atoms with Crippen molar-refractivity contribution in [1.29, 1.82) is 0 Å². The molecule has 0 atom stereocenters. The van der Waals surface area contributed by atoms with Crippen LogP contribution in [0.15, 0.2) is 27.8 Å². The van der Waals surface area contributed by atoms with E-state index in [-0.39, 0.29) is 0 Å². The maximum atomic E-state index is 5.78. The fraction of sp³-hybridized carbons (Fsp3) is 0.643. The third-order valence-corrected chi connectivity index (χ3v) is 3.28. The van der Waals surface area contributed by atoms with Crippen LogP contribution in [0.1, 0.15) is 31.4 Å². The molecule has 0 unspecified atom stereocenters. The number of nitrogens with zero attached hydrogens (tertiary/aromatic N) is 1. The number of hydrogen-bond donors (Lipinski definition) is 2. The molecule has 1 aliphatic carbocycles. The van der Waals surface area contributed by atoms with Gasteiger partial charge in [0.2, 0.25) is 0 Å². The lowest BCUT2D eigenvalue weighted by Crippen LogP contribution is -2.38. The van der Waals surface area contributed by atoms with Crippen molar-refractivity contribution >= 4 is 5.96 Å². The summed E-state index contributed by atoms with van der Waals surface area (Å²) in [6.07, 6.45) is 7.19. The Hall–Kier alpha value is -1.49. The fourth-order valence-electron chi connectivity index (χ4n) is 2.25. The SMILES string of the molecule is CN=C(NCCOC1CCCC1)NCc1ccco1. The molecule has 1 aromatic rings. The van der Waals surface area contributed by atoms with Crippen molar-refractivity contribution in [2.45, 2.75) is 38.3 Å². The molecule has 0 amide bonds. The summed E-state index contributed by atoms with van der Waals surface area (Å²) in [6, 6.07) is 3.81. The van der Waals surface area contributed by atoms with E-state index in [0.29, 0.717) is 12.6 Å². The van der Waals surface area contributed by atoms with Crippen molar-refractivity contribution in [2.24, 2.45) is 4.99 Å². The van der Waals surface area contributed by atoms with E-state index < -0.39 is 0 Å². The lowest BCUT2D eigenvalue weighted by atomic mass is 10.3. The molecule has 106 valence electrons. The molecule has 1 saturated carbocycles. The molecule has 19 heavy (non-hydrogen) atoms. The summed E-state index contributed by atoms with van der Waals surface area (Å²) in [6.45, 7) is 2.14. The first-order valence-corrected chi connectivity index (χ1v) is 6.97. The largest absolute Gasteiger partial charge is 0.467 e. The van der Waals surface area contributed by atoms with Gasteiger partial charge in [-0.15, -0.1) is 0 Å². The number of ether oxygens (including phenoxy) is 1. The first-order valence-electron chi connectivity index (χ1n) is 6.97. The Morgan fingerprint density at radius 1 is 1.42 bits per heavy atom. The van der Waals surface area contributed by atoms with Crippen LogP contribution in [0.25, 0.3) is 0 Å². The summed E-state index contributed by atoms with van der Waals surface area (Å²) in [5.74, 6) is 1.66. The van der Waals surface area contributed by atoms with Crippen LogP contribution >= 0.6 is 0 Å². The van der Waals surface area contributed by atoms with Crippen molar-refractivity contribution in [3.8, 4) is 0 Å². The maximum absolute atomic E-state index is 5.78. The lowest BCUT2D eigenvalue weighted by Gasteiger charge is -2.13. The zero-order chi connectivity index (χ0) is 13.3. The summed E-state index contributed by atoms with van der Waals surface area (Å²) in [7, 11) is 1.76. The Balaban J connectivity index is 1.57. The second-order valence-electron chi connectivity index (χ2n) is 4.71. The van der Waals surface area contributed by atoms with Crippen LogP contribution in [-0.2, 0) is 11.3 Å². The van der Waals surface area contributed by atoms with Crippen LogP contribution < -0.4 is 10.6 Å². The highest BCUT2D eigenvalue weighted by molar-refractivity contribution is 5.79. The molecule has 0 spiro atoms. The minimum absolute atomic E-state index is 0.472. The van der Waals surface area contributed by atoms with Crippen molar-refractivity contribution < 1.29 is 9.15 Å². The smallest absolute Gasteiger partial charge is 0.191 e. The highest BCUT2D eigenvalue weighted by Gasteiger charge is 2.14. The van der Waals surface area contributed by atoms with E-state index in [1.54, 1.807) is 13.3 Å². The molecule has 0 saturated heterocycles. The standard InChI is InChI=1S/C14H23N3O2/c1-15-14(17-11-13-7-4-9-18-13)16-8-10-19-12-5-2-3-6-12/h4,7,9,12H,2-3,5-6,8,10-11H2,1H3,(H2,15,16,17). The average Bonchev–Trinajstić information content (AvgIpc) is 3.11. The van der Waals surface area contributed by atoms with E-state index in [9.17, 15) is 0 Å². The van der Waals surface area contributed by atoms with Gasteiger partial charge in [-0.1, -0.05) is 12.8 Å². The second kappa shape index (κ2) is 7.84. The zero-order valence-corrected chi connectivity index (χ0v) is 11.5. The van der Waals surface area contributed by atoms with Crippen molar-refractivity contribution in [2.75, 3.05) is 20.2 Å². The molecular formula is C14H23N3O2. The number of furan rings is 1. The van der Waals surface area contributed by atoms with Gasteiger partial charge in [0.25, 0.3) is 0 Å². The van der Waals surface area contributed by atoms with Gasteiger partial charge in [-0.2, -0.15) is 0 Å². The number of rotatable bonds is 6. The highest BCUT2D eigenvalue weighted by Crippen LogP contribution is 2.20. The quantitative estimate of drug-likeness (QED) is 0.468. The molecule has 1 aliphatic rings. The molecule has 1 heterocycles. The van der Waals surface area contributed by atoms with Crippen LogP contribution in [0.4, 0.5) is 0 Å². The van der Waals surface area contributed by atoms with Gasteiger partial charge in [-0.05, 0) is 25.0 Å². The van der Waals surface area contributed by atoms with Gasteiger partial charge < -0.3 is 19.8 Å². The van der Waals surface area contributed by atoms with Gasteiger partial charge in [-0.25, -0.2) is 0 Å². The monoisotopic (exact) mass is 265 g/mol. The number of hydrogen-bond acceptors (Lipinski definition) is 3.